The molecule has 15 rings (SSSR count). The predicted octanol–water partition coefficient (Wildman–Crippen LogP) is 9.84. The fraction of sp³-hybridized carbons (Fsp3) is 0.562. The number of carboxylic acids is 2. The van der Waals surface area contributed by atoms with Crippen molar-refractivity contribution in [1.29, 1.82) is 0 Å². The van der Waals surface area contributed by atoms with E-state index in [4.69, 9.17) is 43.5 Å². The number of hydrogen-bond acceptors (Lipinski definition) is 19. The van der Waals surface area contributed by atoms with Gasteiger partial charge in [-0.2, -0.15) is 26.3 Å². The van der Waals surface area contributed by atoms with E-state index in [9.17, 15) is 56.0 Å². The molecule has 0 radical (unpaired) electrons. The Bertz CT molecular complexity index is 3650. The average molecular weight is 1670 g/mol. The van der Waals surface area contributed by atoms with E-state index in [1.54, 1.807) is 12.1 Å². The van der Waals surface area contributed by atoms with Crippen LogP contribution in [-0.4, -0.2) is 181 Å². The summed E-state index contributed by atoms with van der Waals surface area (Å²) >= 11 is 6.09. The predicted molar refractivity (Wildman–Crippen MR) is 398 cm³/mol. The molecule has 0 amide bonds. The molecule has 6 bridgehead atoms. The van der Waals surface area contributed by atoms with Gasteiger partial charge >= 0.3 is 30.3 Å². The van der Waals surface area contributed by atoms with Crippen molar-refractivity contribution in [2.45, 2.75) is 177 Å². The maximum Gasteiger partial charge on any atom is 0.430 e. The zero-order valence-corrected chi connectivity index (χ0v) is 66.8. The lowest BCUT2D eigenvalue weighted by Crippen LogP contribution is -3.00. The number of carboxylic acid groups (broad SMARTS) is 2. The maximum atomic E-state index is 13.3. The van der Waals surface area contributed by atoms with Gasteiger partial charge in [-0.1, -0.05) is 106 Å². The topological polar surface area (TPSA) is 238 Å². The summed E-state index contributed by atoms with van der Waals surface area (Å²) in [6, 6.07) is 35.3. The Morgan fingerprint density at radius 3 is 1.15 bits per heavy atom. The summed E-state index contributed by atoms with van der Waals surface area (Å²) < 4.78 is 96.1. The molecule has 0 spiro atoms. The van der Waals surface area contributed by atoms with Crippen LogP contribution in [0.25, 0.3) is 0 Å². The molecule has 2 aromatic carbocycles. The normalized spacial score (nSPS) is 24.5. The van der Waals surface area contributed by atoms with E-state index in [0.717, 1.165) is 185 Å². The molecule has 9 aliphatic heterocycles. The van der Waals surface area contributed by atoms with E-state index in [2.05, 4.69) is 37.9 Å². The van der Waals surface area contributed by atoms with Crippen LogP contribution in [0.5, 0.6) is 11.5 Å². The van der Waals surface area contributed by atoms with Crippen molar-refractivity contribution in [2.24, 2.45) is 17.8 Å². The highest BCUT2D eigenvalue weighted by Crippen LogP contribution is 2.43. The molecule has 18 nitrogen and oxygen atoms in total. The first-order valence-electron chi connectivity index (χ1n) is 37.6. The quantitative estimate of drug-likeness (QED) is 0.00890. The maximum absolute atomic E-state index is 13.3. The van der Waals surface area contributed by atoms with Crippen molar-refractivity contribution >= 4 is 75.2 Å². The number of ether oxygens (including phenoxy) is 5. The fourth-order valence-electron chi connectivity index (χ4n) is 15.7. The highest BCUT2D eigenvalue weighted by Gasteiger charge is 2.54. The minimum atomic E-state index is -5.19. The van der Waals surface area contributed by atoms with Crippen LogP contribution < -0.4 is 36.7 Å². The SMILES string of the molecule is C=CCC(O)(C(=O)O[C@@H]1C[N+]2(CCOc3ccccc3)CCC1CC2)c1cccs1.CCCCCC(O)(C(=O)O[C@H]1C[N+]2(CCCOc3ccccc3)CCC1CC2)c1cccs1.CCCCCC(O)(C(=O)O[C@H]1C[N+]2(CCCc3cccs3)CCC1CC2)c1cccs1.O=C([O-])C(F)(F)F.O=C([O-])C(F)(F)F.[Br-]. The number of carbonyl (C=O) groups is 5. The highest BCUT2D eigenvalue weighted by molar-refractivity contribution is 7.11. The van der Waals surface area contributed by atoms with Crippen LogP contribution in [-0.2, 0) is 61.4 Å². The standard InChI is InChI=1S/C27H38NO4S.C25H36NO3S2.C24H30NO4S.2C2HF3O2.BrH/c1-2-3-7-15-27(30,25-12-8-20-33-25)26(29)32-24-21-28(17-13-22(24)14-18-28)16-9-19-31-23-10-5-4-6-11-23;1-2-3-4-13-25(28,23-10-7-18-31-23)24(27)29-22-19-26(15-11-20(22)12-16-26)14-5-8-21-9-6-17-30-21;1-2-12-24(27,22-9-6-17-30-22)23(26)29-21-18-25(13-10-19(21)11-14-25)15-16-28-20-7-4-3-5-8-20;2*3-2(4,5)1(6)7;/h4-6,8,10-12,20,22,24,30H,2-3,7,9,13-19,21H2,1H3;6-7,9-10,17-18,20,22,28H,2-5,8,11-16,19H2,1H3;2-9,17,19,21,27H,1,10-16,18H2;2*(H,6,7);1H/q3*+1;;;/p-3/t22?,24-,27?,28?;20?,22-,25?,26?;19?,21-,24?,25?;;;/m001.../s1. The van der Waals surface area contributed by atoms with Crippen molar-refractivity contribution in [3.63, 3.8) is 0 Å². The van der Waals surface area contributed by atoms with Gasteiger partial charge in [-0.3, -0.25) is 0 Å². The van der Waals surface area contributed by atoms with Gasteiger partial charge in [-0.05, 0) is 102 Å². The van der Waals surface area contributed by atoms with Crippen molar-refractivity contribution in [1.82, 2.24) is 0 Å². The molecule has 602 valence electrons. The molecule has 9 aliphatic rings. The van der Waals surface area contributed by atoms with Crippen LogP contribution in [0.4, 0.5) is 26.3 Å². The van der Waals surface area contributed by atoms with E-state index in [-0.39, 0.29) is 41.7 Å². The molecule has 4 aromatic heterocycles. The molecule has 3 N–H and O–H groups in total. The highest BCUT2D eigenvalue weighted by atomic mass is 79.9. The van der Waals surface area contributed by atoms with Crippen molar-refractivity contribution < 1.29 is 130 Å². The van der Waals surface area contributed by atoms with Gasteiger partial charge in [-0.25, -0.2) is 14.4 Å². The van der Waals surface area contributed by atoms with Gasteiger partial charge in [0.05, 0.1) is 59.0 Å². The molecule has 9 saturated heterocycles. The number of aliphatic carboxylic acids is 2. The van der Waals surface area contributed by atoms with Crippen LogP contribution in [0.15, 0.2) is 143 Å². The lowest BCUT2D eigenvalue weighted by molar-refractivity contribution is -0.946. The summed E-state index contributed by atoms with van der Waals surface area (Å²) in [5, 5.41) is 59.4. The van der Waals surface area contributed by atoms with Crippen LogP contribution in [0, 0.1) is 17.8 Å². The zero-order chi connectivity index (χ0) is 78.1. The third kappa shape index (κ3) is 25.6. The number of nitrogens with zero attached hydrogens (tertiary/aromatic N) is 3. The van der Waals surface area contributed by atoms with Crippen LogP contribution in [0.2, 0.25) is 0 Å². The number of esters is 3. The second-order valence-electron chi connectivity index (χ2n) is 29.3. The van der Waals surface area contributed by atoms with E-state index in [0.29, 0.717) is 53.6 Å². The molecule has 3 unspecified atom stereocenters. The smallest absolute Gasteiger partial charge is 0.430 e. The Balaban J connectivity index is 0.000000208. The summed E-state index contributed by atoms with van der Waals surface area (Å²) in [5.41, 5.74) is -4.67. The van der Waals surface area contributed by atoms with Crippen LogP contribution in [0.1, 0.15) is 143 Å². The third-order valence-corrected chi connectivity index (χ3v) is 25.9. The first-order valence-corrected chi connectivity index (χ1v) is 41.1. The molecule has 9 fully saturated rings. The zero-order valence-electron chi connectivity index (χ0n) is 61.9. The van der Waals surface area contributed by atoms with Crippen molar-refractivity contribution in [3.05, 3.63) is 163 Å². The van der Waals surface area contributed by atoms with Gasteiger partial charge in [0.2, 0.25) is 0 Å². The number of rotatable bonds is 32. The Morgan fingerprint density at radius 2 is 0.807 bits per heavy atom. The van der Waals surface area contributed by atoms with Gasteiger partial charge in [0.15, 0.2) is 35.1 Å². The summed E-state index contributed by atoms with van der Waals surface area (Å²) in [6.07, 6.45) is 7.47. The van der Waals surface area contributed by atoms with E-state index >= 15 is 0 Å². The number of carbonyl (C=O) groups excluding carboxylic acids is 5. The van der Waals surface area contributed by atoms with Gasteiger partial charge in [-0.15, -0.1) is 51.9 Å². The van der Waals surface area contributed by atoms with E-state index in [1.165, 1.54) is 58.4 Å². The number of quaternary nitrogens is 3. The summed E-state index contributed by atoms with van der Waals surface area (Å²) in [6.45, 7) is 21.9. The molecule has 6 atom stereocenters. The number of aryl methyl sites for hydroxylation is 1. The molecule has 0 aliphatic carbocycles. The number of fused-ring (bicyclic) bond motifs is 9. The molecular weight excluding hydrogens is 1570 g/mol. The largest absolute Gasteiger partial charge is 1.00 e. The molecule has 6 aromatic rings. The summed E-state index contributed by atoms with van der Waals surface area (Å²) in [5.74, 6) is -4.41. The number of halogens is 7. The lowest BCUT2D eigenvalue weighted by Gasteiger charge is -2.52. The second kappa shape index (κ2) is 42.0. The Hall–Kier alpha value is -6.25. The number of hydrogen-bond donors (Lipinski definition) is 3. The monoisotopic (exact) mass is 1670 g/mol. The van der Waals surface area contributed by atoms with Crippen LogP contribution in [0.3, 0.4) is 0 Å². The van der Waals surface area contributed by atoms with E-state index in [1.807, 2.05) is 118 Å². The molecule has 0 saturated carbocycles. The Morgan fingerprint density at radius 1 is 0.468 bits per heavy atom. The average Bonchev–Trinajstić information content (AvgIpc) is 1.06. The Labute approximate surface area is 661 Å². The Kier molecular flexibility index (Phi) is 34.7. The fourth-order valence-corrected chi connectivity index (χ4v) is 18.9. The molecule has 13 heterocycles. The lowest BCUT2D eigenvalue weighted by atomic mass is 9.82. The number of aliphatic hydroxyl groups is 3. The first-order chi connectivity index (χ1) is 51.5. The van der Waals surface area contributed by atoms with E-state index < -0.39 is 59.0 Å². The molecule has 109 heavy (non-hydrogen) atoms. The number of alkyl halides is 6. The first kappa shape index (κ1) is 89.9. The second-order valence-corrected chi connectivity index (χ2v) is 33.2. The number of thiophene rings is 4. The van der Waals surface area contributed by atoms with Crippen molar-refractivity contribution in [3.8, 4) is 11.5 Å². The molecular formula is C80H104BrF6N3O15S4. The number of benzene rings is 2. The number of piperidine rings is 9. The van der Waals surface area contributed by atoms with Crippen molar-refractivity contribution in [2.75, 3.05) is 91.8 Å². The summed E-state index contributed by atoms with van der Waals surface area (Å²) in [4.78, 5) is 60.7. The number of unbranched alkanes of at least 4 members (excludes halogenated alkanes) is 4. The minimum Gasteiger partial charge on any atom is -1.00 e. The third-order valence-electron chi connectivity index (χ3n) is 21.9. The number of para-hydroxylation sites is 2. The summed E-state index contributed by atoms with van der Waals surface area (Å²) in [7, 11) is 0. The van der Waals surface area contributed by atoms with Gasteiger partial charge < -0.3 is 89.2 Å². The van der Waals surface area contributed by atoms with Gasteiger partial charge in [0.25, 0.3) is 0 Å². The van der Waals surface area contributed by atoms with Gasteiger partial charge in [0.1, 0.15) is 56.2 Å². The minimum absolute atomic E-state index is 0. The van der Waals surface area contributed by atoms with Crippen LogP contribution >= 0.6 is 45.3 Å². The molecule has 29 heteroatoms. The van der Waals surface area contributed by atoms with Gasteiger partial charge in [0, 0.05) is 95.0 Å².